The molecule has 2 aromatic carbocycles. The zero-order valence-corrected chi connectivity index (χ0v) is 16.4. The van der Waals surface area contributed by atoms with Crippen LogP contribution in [0.5, 0.6) is 23.0 Å². The van der Waals surface area contributed by atoms with E-state index in [1.54, 1.807) is 0 Å². The number of phenols is 4. The lowest BCUT2D eigenvalue weighted by Crippen LogP contribution is -2.57. The van der Waals surface area contributed by atoms with Gasteiger partial charge in [-0.15, -0.1) is 0 Å². The highest BCUT2D eigenvalue weighted by Crippen LogP contribution is 2.35. The van der Waals surface area contributed by atoms with E-state index in [1.165, 1.54) is 36.4 Å². The number of carbonyl (C=O) groups is 1. The lowest BCUT2D eigenvalue weighted by Gasteiger charge is -2.41. The minimum absolute atomic E-state index is 0.0824. The fourth-order valence-corrected chi connectivity index (χ4v) is 3.50. The zero-order chi connectivity index (χ0) is 22.8. The number of carboxylic acid groups (broad SMARTS) is 1. The van der Waals surface area contributed by atoms with Crippen LogP contribution in [0.4, 0.5) is 0 Å². The second kappa shape index (κ2) is 8.98. The highest BCUT2D eigenvalue weighted by Gasteiger charge is 2.50. The molecule has 4 atom stereocenters. The summed E-state index contributed by atoms with van der Waals surface area (Å²) in [6, 6.07) is 8.10. The summed E-state index contributed by atoms with van der Waals surface area (Å²) < 4.78 is 11.5. The third-order valence-corrected chi connectivity index (χ3v) is 5.22. The van der Waals surface area contributed by atoms with Crippen molar-refractivity contribution in [2.45, 2.75) is 50.0 Å². The van der Waals surface area contributed by atoms with Gasteiger partial charge in [0.25, 0.3) is 0 Å². The monoisotopic (exact) mass is 436 g/mol. The Balaban J connectivity index is 1.75. The Labute approximate surface area is 177 Å². The molecular formula is C21H24O10. The van der Waals surface area contributed by atoms with E-state index in [9.17, 15) is 40.5 Å². The van der Waals surface area contributed by atoms with Crippen molar-refractivity contribution in [1.29, 1.82) is 0 Å². The maximum atomic E-state index is 11.5. The summed E-state index contributed by atoms with van der Waals surface area (Å²) in [4.78, 5) is 11.5. The Hall–Kier alpha value is -3.05. The average molecular weight is 436 g/mol. The maximum absolute atomic E-state index is 11.5. The van der Waals surface area contributed by atoms with Crippen molar-refractivity contribution >= 4 is 5.97 Å². The largest absolute Gasteiger partial charge is 0.504 e. The minimum atomic E-state index is -2.21. The van der Waals surface area contributed by atoms with Crippen LogP contribution >= 0.6 is 0 Å². The molecular weight excluding hydrogens is 412 g/mol. The SMILES string of the molecule is O=C(O)[C@]1(O)C[C@@H](O)[C@@H](OCc2ccc(O)c(O)c2)[C@H](OCc2ccc(O)c(O)c2)C1. The van der Waals surface area contributed by atoms with Gasteiger partial charge in [0.15, 0.2) is 28.6 Å². The number of carboxylic acids is 1. The van der Waals surface area contributed by atoms with Crippen molar-refractivity contribution in [2.75, 3.05) is 0 Å². The first-order valence-electron chi connectivity index (χ1n) is 9.48. The quantitative estimate of drug-likeness (QED) is 0.309. The van der Waals surface area contributed by atoms with Crippen molar-refractivity contribution in [3.8, 4) is 23.0 Å². The summed E-state index contributed by atoms with van der Waals surface area (Å²) in [5.74, 6) is -2.80. The molecule has 10 heteroatoms. The molecule has 0 spiro atoms. The molecule has 0 heterocycles. The second-order valence-electron chi connectivity index (χ2n) is 7.58. The first-order valence-corrected chi connectivity index (χ1v) is 9.48. The lowest BCUT2D eigenvalue weighted by atomic mass is 9.79. The molecule has 168 valence electrons. The first-order chi connectivity index (χ1) is 14.6. The van der Waals surface area contributed by atoms with Gasteiger partial charge in [-0.2, -0.15) is 0 Å². The van der Waals surface area contributed by atoms with E-state index < -0.39 is 36.3 Å². The number of ether oxygens (including phenoxy) is 2. The van der Waals surface area contributed by atoms with Gasteiger partial charge in [-0.3, -0.25) is 0 Å². The maximum Gasteiger partial charge on any atom is 0.335 e. The van der Waals surface area contributed by atoms with E-state index in [-0.39, 0.29) is 42.6 Å². The third kappa shape index (κ3) is 5.17. The van der Waals surface area contributed by atoms with Crippen LogP contribution in [-0.2, 0) is 27.5 Å². The molecule has 0 bridgehead atoms. The van der Waals surface area contributed by atoms with E-state index in [1.807, 2.05) is 0 Å². The molecule has 0 saturated heterocycles. The van der Waals surface area contributed by atoms with Crippen molar-refractivity contribution in [3.05, 3.63) is 47.5 Å². The summed E-state index contributed by atoms with van der Waals surface area (Å²) in [6.45, 7) is -0.193. The number of rotatable bonds is 7. The Bertz CT molecular complexity index is 946. The van der Waals surface area contributed by atoms with E-state index in [0.717, 1.165) is 0 Å². The van der Waals surface area contributed by atoms with Crippen molar-refractivity contribution in [3.63, 3.8) is 0 Å². The Morgan fingerprint density at radius 1 is 0.871 bits per heavy atom. The summed E-state index contributed by atoms with van der Waals surface area (Å²) >= 11 is 0. The molecule has 0 unspecified atom stereocenters. The standard InChI is InChI=1S/C21H24O10/c22-13-3-1-11(5-15(13)24)9-30-18-8-21(29,20(27)28)7-17(26)19(18)31-10-12-2-4-14(23)16(25)6-12/h1-6,17-19,22-26,29H,7-10H2,(H,27,28)/t17-,18-,19-,21+/m1/s1. The second-order valence-corrected chi connectivity index (χ2v) is 7.58. The molecule has 1 aliphatic carbocycles. The van der Waals surface area contributed by atoms with Gasteiger partial charge in [0.1, 0.15) is 6.10 Å². The third-order valence-electron chi connectivity index (χ3n) is 5.22. The summed E-state index contributed by atoms with van der Waals surface area (Å²) in [5, 5.41) is 68.3. The minimum Gasteiger partial charge on any atom is -0.504 e. The number of aliphatic carboxylic acids is 1. The number of hydrogen-bond donors (Lipinski definition) is 7. The molecule has 0 amide bonds. The number of hydrogen-bond acceptors (Lipinski definition) is 9. The van der Waals surface area contributed by atoms with Gasteiger partial charge in [-0.1, -0.05) is 12.1 Å². The van der Waals surface area contributed by atoms with Gasteiger partial charge in [0.2, 0.25) is 0 Å². The molecule has 0 aromatic heterocycles. The summed E-state index contributed by atoms with van der Waals surface area (Å²) in [5.41, 5.74) is -1.25. The predicted molar refractivity (Wildman–Crippen MR) is 105 cm³/mol. The number of benzene rings is 2. The van der Waals surface area contributed by atoms with Crippen LogP contribution in [0.3, 0.4) is 0 Å². The van der Waals surface area contributed by atoms with Crippen LogP contribution in [0.1, 0.15) is 24.0 Å². The van der Waals surface area contributed by atoms with Crippen LogP contribution in [-0.4, -0.2) is 65.6 Å². The molecule has 3 rings (SSSR count). The lowest BCUT2D eigenvalue weighted by molar-refractivity contribution is -0.207. The van der Waals surface area contributed by atoms with Gasteiger partial charge < -0.3 is 45.2 Å². The number of aromatic hydroxyl groups is 4. The van der Waals surface area contributed by atoms with E-state index in [0.29, 0.717) is 11.1 Å². The molecule has 2 aromatic rings. The van der Waals surface area contributed by atoms with Gasteiger partial charge in [0.05, 0.1) is 25.4 Å². The molecule has 10 nitrogen and oxygen atoms in total. The van der Waals surface area contributed by atoms with Gasteiger partial charge in [-0.25, -0.2) is 4.79 Å². The van der Waals surface area contributed by atoms with E-state index in [4.69, 9.17) is 9.47 Å². The van der Waals surface area contributed by atoms with Crippen LogP contribution in [0, 0.1) is 0 Å². The number of aliphatic hydroxyl groups is 2. The topological polar surface area (TPSA) is 177 Å². The van der Waals surface area contributed by atoms with E-state index >= 15 is 0 Å². The van der Waals surface area contributed by atoms with Gasteiger partial charge in [0, 0.05) is 12.8 Å². The van der Waals surface area contributed by atoms with Gasteiger partial charge in [-0.05, 0) is 35.4 Å². The van der Waals surface area contributed by atoms with Crippen LogP contribution in [0.25, 0.3) is 0 Å². The Morgan fingerprint density at radius 2 is 1.39 bits per heavy atom. The highest BCUT2D eigenvalue weighted by atomic mass is 16.6. The molecule has 1 saturated carbocycles. The molecule has 1 fully saturated rings. The number of aliphatic hydroxyl groups excluding tert-OH is 1. The smallest absolute Gasteiger partial charge is 0.335 e. The van der Waals surface area contributed by atoms with Gasteiger partial charge >= 0.3 is 5.97 Å². The van der Waals surface area contributed by atoms with Crippen LogP contribution in [0.2, 0.25) is 0 Å². The van der Waals surface area contributed by atoms with Crippen LogP contribution < -0.4 is 0 Å². The molecule has 31 heavy (non-hydrogen) atoms. The van der Waals surface area contributed by atoms with Crippen molar-refractivity contribution < 1.29 is 50.0 Å². The zero-order valence-electron chi connectivity index (χ0n) is 16.4. The molecule has 0 aliphatic heterocycles. The Kier molecular flexibility index (Phi) is 6.56. The molecule has 7 N–H and O–H groups in total. The van der Waals surface area contributed by atoms with Crippen molar-refractivity contribution in [2.24, 2.45) is 0 Å². The number of phenolic OH excluding ortho intramolecular Hbond substituents is 4. The molecule has 1 aliphatic rings. The first kappa shape index (κ1) is 22.6. The average Bonchev–Trinajstić information content (AvgIpc) is 2.70. The fourth-order valence-electron chi connectivity index (χ4n) is 3.50. The Morgan fingerprint density at radius 3 is 1.87 bits per heavy atom. The highest BCUT2D eigenvalue weighted by molar-refractivity contribution is 5.77. The van der Waals surface area contributed by atoms with E-state index in [2.05, 4.69) is 0 Å². The van der Waals surface area contributed by atoms with Crippen LogP contribution in [0.15, 0.2) is 36.4 Å². The normalized spacial score (nSPS) is 25.9. The predicted octanol–water partition coefficient (Wildman–Crippen LogP) is 0.950. The molecule has 0 radical (unpaired) electrons. The van der Waals surface area contributed by atoms with Crippen molar-refractivity contribution in [1.82, 2.24) is 0 Å². The fraction of sp³-hybridized carbons (Fsp3) is 0.381. The summed E-state index contributed by atoms with van der Waals surface area (Å²) in [6.07, 6.45) is -4.20. The summed E-state index contributed by atoms with van der Waals surface area (Å²) in [7, 11) is 0.